The first-order valence-corrected chi connectivity index (χ1v) is 7.82. The Morgan fingerprint density at radius 1 is 0.958 bits per heavy atom. The van der Waals surface area contributed by atoms with Gasteiger partial charge in [-0.05, 0) is 17.7 Å². The molecule has 1 N–H and O–H groups in total. The maximum Gasteiger partial charge on any atom is 0.280 e. The number of fused-ring (bicyclic) bond motifs is 1. The molecule has 1 aliphatic rings. The lowest BCUT2D eigenvalue weighted by molar-refractivity contribution is 0.101. The summed E-state index contributed by atoms with van der Waals surface area (Å²) in [5.41, 5.74) is 3.65. The lowest BCUT2D eigenvalue weighted by atomic mass is 10.0. The summed E-state index contributed by atoms with van der Waals surface area (Å²) in [6.07, 6.45) is 0. The maximum absolute atomic E-state index is 12.5. The monoisotopic (exact) mass is 336 g/mol. The molecule has 0 atom stereocenters. The molecule has 0 aliphatic carbocycles. The second-order valence-electron chi connectivity index (χ2n) is 5.62. The Bertz CT molecular complexity index is 986. The topological polar surface area (TPSA) is 54.6 Å². The van der Waals surface area contributed by atoms with Crippen molar-refractivity contribution < 1.29 is 9.90 Å². The van der Waals surface area contributed by atoms with Gasteiger partial charge in [-0.3, -0.25) is 4.79 Å². The van der Waals surface area contributed by atoms with Gasteiger partial charge >= 0.3 is 0 Å². The van der Waals surface area contributed by atoms with Gasteiger partial charge in [0.15, 0.2) is 0 Å². The van der Waals surface area contributed by atoms with E-state index in [1.54, 1.807) is 23.7 Å². The standard InChI is InChI=1S/C19H13ClN2O2/c1-22-17(12-7-9-13(20)10-8-12)15-14(19(22)24)16(21-18(15)23)11-5-3-2-4-6-11/h2-10,24H,1H3. The van der Waals surface area contributed by atoms with Crippen molar-refractivity contribution in [1.29, 1.82) is 0 Å². The molecule has 0 fully saturated rings. The third-order valence-corrected chi connectivity index (χ3v) is 4.44. The number of carbonyl (C=O) groups is 1. The molecule has 24 heavy (non-hydrogen) atoms. The highest BCUT2D eigenvalue weighted by Gasteiger charge is 2.35. The van der Waals surface area contributed by atoms with Crippen LogP contribution >= 0.6 is 11.6 Å². The normalized spacial score (nSPS) is 13.1. The van der Waals surface area contributed by atoms with E-state index in [9.17, 15) is 9.90 Å². The zero-order valence-electron chi connectivity index (χ0n) is 12.8. The van der Waals surface area contributed by atoms with Crippen LogP contribution in [0.15, 0.2) is 59.6 Å². The van der Waals surface area contributed by atoms with E-state index in [0.29, 0.717) is 27.6 Å². The highest BCUT2D eigenvalue weighted by atomic mass is 35.5. The molecule has 0 unspecified atom stereocenters. The molecule has 118 valence electrons. The predicted octanol–water partition coefficient (Wildman–Crippen LogP) is 4.04. The van der Waals surface area contributed by atoms with Gasteiger partial charge in [0.25, 0.3) is 5.91 Å². The van der Waals surface area contributed by atoms with Crippen molar-refractivity contribution in [3.63, 3.8) is 0 Å². The first-order chi connectivity index (χ1) is 11.6. The smallest absolute Gasteiger partial charge is 0.280 e. The molecule has 4 nitrogen and oxygen atoms in total. The molecule has 0 bridgehead atoms. The fourth-order valence-electron chi connectivity index (χ4n) is 3.07. The number of rotatable bonds is 2. The fourth-order valence-corrected chi connectivity index (χ4v) is 3.19. The number of carbonyl (C=O) groups excluding carboxylic acids is 1. The van der Waals surface area contributed by atoms with Crippen LogP contribution in [-0.4, -0.2) is 21.3 Å². The van der Waals surface area contributed by atoms with Gasteiger partial charge in [-0.15, -0.1) is 0 Å². The van der Waals surface area contributed by atoms with Crippen LogP contribution in [0.4, 0.5) is 0 Å². The van der Waals surface area contributed by atoms with E-state index in [0.717, 1.165) is 11.1 Å². The van der Waals surface area contributed by atoms with Crippen LogP contribution in [0, 0.1) is 0 Å². The van der Waals surface area contributed by atoms with Crippen LogP contribution < -0.4 is 0 Å². The van der Waals surface area contributed by atoms with Crippen LogP contribution in [0.25, 0.3) is 11.3 Å². The number of halogens is 1. The third-order valence-electron chi connectivity index (χ3n) is 4.19. The summed E-state index contributed by atoms with van der Waals surface area (Å²) < 4.78 is 1.61. The van der Waals surface area contributed by atoms with E-state index in [1.165, 1.54) is 0 Å². The van der Waals surface area contributed by atoms with Crippen molar-refractivity contribution in [1.82, 2.24) is 4.57 Å². The van der Waals surface area contributed by atoms with Crippen molar-refractivity contribution >= 4 is 23.2 Å². The molecule has 1 aliphatic heterocycles. The third kappa shape index (κ3) is 2.07. The molecule has 1 aromatic heterocycles. The molecule has 0 saturated carbocycles. The average molecular weight is 337 g/mol. The number of hydrogen-bond donors (Lipinski definition) is 1. The number of benzene rings is 2. The summed E-state index contributed by atoms with van der Waals surface area (Å²) in [5.74, 6) is -0.312. The first-order valence-electron chi connectivity index (χ1n) is 7.44. The molecule has 2 heterocycles. The summed E-state index contributed by atoms with van der Waals surface area (Å²) in [5, 5.41) is 11.2. The van der Waals surface area contributed by atoms with Gasteiger partial charge < -0.3 is 9.67 Å². The van der Waals surface area contributed by atoms with Crippen molar-refractivity contribution in [2.24, 2.45) is 12.0 Å². The largest absolute Gasteiger partial charge is 0.494 e. The molecule has 0 radical (unpaired) electrons. The zero-order valence-corrected chi connectivity index (χ0v) is 13.6. The number of aromatic nitrogens is 1. The second kappa shape index (κ2) is 5.35. The molecular weight excluding hydrogens is 324 g/mol. The van der Waals surface area contributed by atoms with Gasteiger partial charge in [0, 0.05) is 17.6 Å². The Kier molecular flexibility index (Phi) is 3.28. The molecule has 4 rings (SSSR count). The zero-order chi connectivity index (χ0) is 16.8. The summed E-state index contributed by atoms with van der Waals surface area (Å²) in [7, 11) is 1.73. The Morgan fingerprint density at radius 2 is 1.62 bits per heavy atom. The van der Waals surface area contributed by atoms with Crippen LogP contribution in [0.5, 0.6) is 5.88 Å². The lowest BCUT2D eigenvalue weighted by Crippen LogP contribution is -2.00. The van der Waals surface area contributed by atoms with Crippen molar-refractivity contribution in [2.45, 2.75) is 0 Å². The van der Waals surface area contributed by atoms with E-state index in [1.807, 2.05) is 42.5 Å². The van der Waals surface area contributed by atoms with Crippen molar-refractivity contribution in [3.05, 3.63) is 76.3 Å². The van der Waals surface area contributed by atoms with Crippen LogP contribution in [0.3, 0.4) is 0 Å². The summed E-state index contributed by atoms with van der Waals surface area (Å²) in [6.45, 7) is 0. The van der Waals surface area contributed by atoms with Crippen LogP contribution in [0.1, 0.15) is 21.5 Å². The van der Waals surface area contributed by atoms with Crippen LogP contribution in [-0.2, 0) is 7.05 Å². The van der Waals surface area contributed by atoms with E-state index in [4.69, 9.17) is 11.6 Å². The minimum Gasteiger partial charge on any atom is -0.494 e. The predicted molar refractivity (Wildman–Crippen MR) is 93.9 cm³/mol. The van der Waals surface area contributed by atoms with Gasteiger partial charge in [-0.2, -0.15) is 0 Å². The minimum atomic E-state index is -0.343. The number of aliphatic imine (C=N–C) groups is 1. The highest BCUT2D eigenvalue weighted by Crippen LogP contribution is 2.40. The van der Waals surface area contributed by atoms with Gasteiger partial charge in [0.2, 0.25) is 5.88 Å². The number of nitrogens with zero attached hydrogens (tertiary/aromatic N) is 2. The summed E-state index contributed by atoms with van der Waals surface area (Å²) in [6, 6.07) is 16.5. The summed E-state index contributed by atoms with van der Waals surface area (Å²) >= 11 is 5.95. The van der Waals surface area contributed by atoms with Gasteiger partial charge in [-0.1, -0.05) is 54.1 Å². The molecular formula is C19H13ClN2O2. The quantitative estimate of drug-likeness (QED) is 0.767. The molecule has 5 heteroatoms. The minimum absolute atomic E-state index is 0.0309. The van der Waals surface area contributed by atoms with Crippen LogP contribution in [0.2, 0.25) is 5.02 Å². The van der Waals surface area contributed by atoms with Gasteiger partial charge in [0.1, 0.15) is 0 Å². The second-order valence-corrected chi connectivity index (χ2v) is 6.06. The molecule has 0 spiro atoms. The van der Waals surface area contributed by atoms with E-state index in [-0.39, 0.29) is 11.8 Å². The average Bonchev–Trinajstić information content (AvgIpc) is 3.06. The van der Waals surface area contributed by atoms with Gasteiger partial charge in [-0.25, -0.2) is 4.99 Å². The SMILES string of the molecule is Cn1c(O)c2c(c1-c1ccc(Cl)cc1)C(=O)N=C2c1ccccc1. The Labute approximate surface area is 143 Å². The maximum atomic E-state index is 12.5. The van der Waals surface area contributed by atoms with Crippen molar-refractivity contribution in [2.75, 3.05) is 0 Å². The molecule has 3 aromatic rings. The Morgan fingerprint density at radius 3 is 2.29 bits per heavy atom. The number of aromatic hydroxyl groups is 1. The first kappa shape index (κ1) is 14.7. The number of hydrogen-bond acceptors (Lipinski definition) is 2. The van der Waals surface area contributed by atoms with E-state index < -0.39 is 0 Å². The van der Waals surface area contributed by atoms with Crippen molar-refractivity contribution in [3.8, 4) is 17.1 Å². The van der Waals surface area contributed by atoms with E-state index >= 15 is 0 Å². The highest BCUT2D eigenvalue weighted by molar-refractivity contribution is 6.31. The van der Waals surface area contributed by atoms with Gasteiger partial charge in [0.05, 0.1) is 22.5 Å². The Balaban J connectivity index is 1.96. The fraction of sp³-hybridized carbons (Fsp3) is 0.0526. The molecule has 1 amide bonds. The summed E-state index contributed by atoms with van der Waals surface area (Å²) in [4.78, 5) is 16.7. The number of amides is 1. The van der Waals surface area contributed by atoms with E-state index in [2.05, 4.69) is 4.99 Å². The molecule has 0 saturated heterocycles. The molecule has 2 aromatic carbocycles. The lowest BCUT2D eigenvalue weighted by Gasteiger charge is -2.06. The Hall–Kier alpha value is -2.85.